The van der Waals surface area contributed by atoms with Crippen LogP contribution in [0.25, 0.3) is 22.3 Å². The highest BCUT2D eigenvalue weighted by atomic mass is 17.5. The summed E-state index contributed by atoms with van der Waals surface area (Å²) in [5.74, 6) is 4.81. The van der Waals surface area contributed by atoms with Gasteiger partial charge in [0.2, 0.25) is 0 Å². The highest BCUT2D eigenvalue weighted by Gasteiger charge is 2.27. The van der Waals surface area contributed by atoms with Crippen molar-refractivity contribution in [2.75, 3.05) is 18.1 Å². The van der Waals surface area contributed by atoms with E-state index in [1.165, 1.54) is 38.5 Å². The van der Waals surface area contributed by atoms with Crippen LogP contribution in [0.2, 0.25) is 0 Å². The Morgan fingerprint density at radius 3 is 1.40 bits per heavy atom. The first-order valence-corrected chi connectivity index (χ1v) is 19.3. The molecule has 5 aromatic carbocycles. The van der Waals surface area contributed by atoms with Gasteiger partial charge >= 0.3 is 0 Å². The second-order valence-electron chi connectivity index (χ2n) is 14.0. The lowest BCUT2D eigenvalue weighted by Gasteiger charge is -2.33. The lowest BCUT2D eigenvalue weighted by Crippen LogP contribution is -2.16. The third kappa shape index (κ3) is 9.53. The van der Waals surface area contributed by atoms with Gasteiger partial charge in [0.15, 0.2) is 17.2 Å². The lowest BCUT2D eigenvalue weighted by atomic mass is 10.00. The molecule has 0 saturated heterocycles. The summed E-state index contributed by atoms with van der Waals surface area (Å²) in [7, 11) is 0. The molecule has 1 aliphatic heterocycles. The molecule has 1 N–H and O–H groups in total. The molecule has 0 fully saturated rings. The van der Waals surface area contributed by atoms with Gasteiger partial charge in [-0.3, -0.25) is 0 Å². The lowest BCUT2D eigenvalue weighted by molar-refractivity contribution is -0.438. The van der Waals surface area contributed by atoms with E-state index < -0.39 is 0 Å². The van der Waals surface area contributed by atoms with Crippen molar-refractivity contribution in [1.29, 1.82) is 0 Å². The van der Waals surface area contributed by atoms with Crippen LogP contribution in [0.15, 0.2) is 109 Å². The Bertz CT molecular complexity index is 1760. The number of benzene rings is 5. The molecule has 0 amide bonds. The summed E-state index contributed by atoms with van der Waals surface area (Å²) in [6.45, 7) is 10.5. The largest absolute Gasteiger partial charge is 0.493 e. The maximum absolute atomic E-state index is 8.78. The van der Waals surface area contributed by atoms with Crippen LogP contribution in [0, 0.1) is 11.8 Å². The van der Waals surface area contributed by atoms with Crippen molar-refractivity contribution in [3.63, 3.8) is 0 Å². The van der Waals surface area contributed by atoms with E-state index in [-0.39, 0.29) is 0 Å². The number of ether oxygens (including phenoxy) is 3. The van der Waals surface area contributed by atoms with E-state index in [2.05, 4.69) is 123 Å². The molecule has 1 heterocycles. The van der Waals surface area contributed by atoms with Gasteiger partial charge in [-0.25, -0.2) is 5.26 Å². The molecule has 2 atom stereocenters. The maximum atomic E-state index is 8.78. The summed E-state index contributed by atoms with van der Waals surface area (Å²) in [6.07, 6.45) is 9.57. The van der Waals surface area contributed by atoms with E-state index in [0.717, 1.165) is 88.4 Å². The first kappa shape index (κ1) is 37.8. The fourth-order valence-electron chi connectivity index (χ4n) is 6.85. The van der Waals surface area contributed by atoms with Gasteiger partial charge in [-0.1, -0.05) is 103 Å². The van der Waals surface area contributed by atoms with Crippen molar-refractivity contribution >= 4 is 17.1 Å². The smallest absolute Gasteiger partial charge is 0.168 e. The molecule has 0 saturated carbocycles. The van der Waals surface area contributed by atoms with E-state index in [0.29, 0.717) is 17.6 Å². The summed E-state index contributed by atoms with van der Waals surface area (Å²) in [6, 6.07) is 36.6. The molecule has 2 unspecified atom stereocenters. The number of nitrogens with zero attached hydrogens (tertiary/aromatic N) is 1. The molecule has 6 rings (SSSR count). The summed E-state index contributed by atoms with van der Waals surface area (Å²) in [5, 5.41) is 12.7. The molecule has 278 valence electrons. The SMILES string of the molecule is CCCCC(CC)COc1ccc(-c2ccc3c(c2)Oc2cc(-c4ccc(OCC(CC)CCCC)cc4)ccc2N3c2ccc(OOO)cc2)cc1. The van der Waals surface area contributed by atoms with Crippen LogP contribution in [-0.4, -0.2) is 18.5 Å². The van der Waals surface area contributed by atoms with Gasteiger partial charge in [-0.15, -0.1) is 0 Å². The average Bonchev–Trinajstić information content (AvgIpc) is 3.20. The van der Waals surface area contributed by atoms with E-state index >= 15 is 0 Å². The average molecular weight is 716 g/mol. The highest BCUT2D eigenvalue weighted by Crippen LogP contribution is 2.52. The van der Waals surface area contributed by atoms with Crippen LogP contribution >= 0.6 is 0 Å². The van der Waals surface area contributed by atoms with Crippen molar-refractivity contribution in [1.82, 2.24) is 0 Å². The summed E-state index contributed by atoms with van der Waals surface area (Å²) < 4.78 is 19.1. The van der Waals surface area contributed by atoms with Crippen LogP contribution in [0.1, 0.15) is 79.1 Å². The molecule has 7 heteroatoms. The van der Waals surface area contributed by atoms with Gasteiger partial charge in [0, 0.05) is 5.69 Å². The fourth-order valence-corrected chi connectivity index (χ4v) is 6.85. The first-order valence-electron chi connectivity index (χ1n) is 19.3. The molecule has 53 heavy (non-hydrogen) atoms. The molecule has 0 spiro atoms. The topological polar surface area (TPSA) is 69.6 Å². The zero-order valence-corrected chi connectivity index (χ0v) is 31.6. The van der Waals surface area contributed by atoms with Crippen LogP contribution < -0.4 is 24.0 Å². The molecule has 1 aliphatic rings. The summed E-state index contributed by atoms with van der Waals surface area (Å²) in [4.78, 5) is 7.00. The molecule has 7 nitrogen and oxygen atoms in total. The van der Waals surface area contributed by atoms with Crippen LogP contribution in [0.3, 0.4) is 0 Å². The third-order valence-corrected chi connectivity index (χ3v) is 10.3. The Kier molecular flexibility index (Phi) is 13.3. The minimum atomic E-state index is 0.382. The number of rotatable bonds is 19. The van der Waals surface area contributed by atoms with Gasteiger partial charge in [0.1, 0.15) is 11.5 Å². The highest BCUT2D eigenvalue weighted by molar-refractivity contribution is 5.89. The maximum Gasteiger partial charge on any atom is 0.168 e. The first-order chi connectivity index (χ1) is 26.0. The van der Waals surface area contributed by atoms with Crippen LogP contribution in [0.5, 0.6) is 28.7 Å². The van der Waals surface area contributed by atoms with E-state index in [4.69, 9.17) is 24.4 Å². The van der Waals surface area contributed by atoms with Crippen molar-refractivity contribution in [2.24, 2.45) is 11.8 Å². The Labute approximate surface area is 314 Å². The standard InChI is InChI=1S/C46H53NO6/c1-5-9-11-33(7-3)31-49-40-21-13-35(14-22-40)37-17-27-43-45(29-37)51-46-30-38(18-28-44(46)47(43)39-19-25-42(26-20-39)52-53-48)36-15-23-41(24-16-36)50-32-34(8-4)12-10-6-2/h13-30,33-34,48H,5-12,31-32H2,1-4H3. The van der Waals surface area contributed by atoms with Gasteiger partial charge < -0.3 is 24.0 Å². The van der Waals surface area contributed by atoms with Crippen molar-refractivity contribution in [3.05, 3.63) is 109 Å². The predicted octanol–water partition coefficient (Wildman–Crippen LogP) is 13.6. The Hall–Kier alpha value is -4.98. The minimum absolute atomic E-state index is 0.382. The molecular weight excluding hydrogens is 663 g/mol. The monoisotopic (exact) mass is 715 g/mol. The Morgan fingerprint density at radius 1 is 0.547 bits per heavy atom. The number of anilines is 3. The van der Waals surface area contributed by atoms with Crippen molar-refractivity contribution in [2.45, 2.75) is 79.1 Å². The summed E-state index contributed by atoms with van der Waals surface area (Å²) >= 11 is 0. The fraction of sp³-hybridized carbons (Fsp3) is 0.348. The van der Waals surface area contributed by atoms with Crippen LogP contribution in [0.4, 0.5) is 17.1 Å². The number of unbranched alkanes of at least 4 members (excludes halogenated alkanes) is 2. The van der Waals surface area contributed by atoms with Gasteiger partial charge in [-0.2, -0.15) is 0 Å². The summed E-state index contributed by atoms with van der Waals surface area (Å²) in [5.41, 5.74) is 6.97. The third-order valence-electron chi connectivity index (χ3n) is 10.3. The Morgan fingerprint density at radius 2 is 0.981 bits per heavy atom. The van der Waals surface area contributed by atoms with Crippen molar-refractivity contribution in [3.8, 4) is 51.0 Å². The molecule has 0 aromatic heterocycles. The minimum Gasteiger partial charge on any atom is -0.493 e. The number of hydrogen-bond donors (Lipinski definition) is 1. The van der Waals surface area contributed by atoms with E-state index in [9.17, 15) is 0 Å². The number of fused-ring (bicyclic) bond motifs is 2. The van der Waals surface area contributed by atoms with Gasteiger partial charge in [0.25, 0.3) is 0 Å². The van der Waals surface area contributed by atoms with Gasteiger partial charge in [-0.05, 0) is 125 Å². The molecule has 0 radical (unpaired) electrons. The molecular formula is C46H53NO6. The van der Waals surface area contributed by atoms with E-state index in [1.54, 1.807) is 12.1 Å². The van der Waals surface area contributed by atoms with Gasteiger partial charge in [0.05, 0.1) is 24.6 Å². The zero-order chi connectivity index (χ0) is 37.0. The predicted molar refractivity (Wildman–Crippen MR) is 214 cm³/mol. The Balaban J connectivity index is 1.25. The molecule has 0 bridgehead atoms. The zero-order valence-electron chi connectivity index (χ0n) is 31.6. The quantitative estimate of drug-likeness (QED) is 0.0661. The van der Waals surface area contributed by atoms with Crippen LogP contribution in [-0.2, 0) is 5.04 Å². The normalized spacial score (nSPS) is 13.0. The molecule has 0 aliphatic carbocycles. The number of hydrogen-bond acceptors (Lipinski definition) is 7. The molecule has 5 aromatic rings. The second kappa shape index (κ2) is 18.7. The second-order valence-corrected chi connectivity index (χ2v) is 14.0. The van der Waals surface area contributed by atoms with Crippen molar-refractivity contribution < 1.29 is 29.4 Å². The van der Waals surface area contributed by atoms with E-state index in [1.807, 2.05) is 12.1 Å².